The van der Waals surface area contributed by atoms with Crippen LogP contribution in [0.2, 0.25) is 0 Å². The van der Waals surface area contributed by atoms with Crippen LogP contribution < -0.4 is 0 Å². The van der Waals surface area contributed by atoms with E-state index in [-0.39, 0.29) is 0 Å². The van der Waals surface area contributed by atoms with Gasteiger partial charge in [0.2, 0.25) is 0 Å². The van der Waals surface area contributed by atoms with Gasteiger partial charge in [0.15, 0.2) is 0 Å². The summed E-state index contributed by atoms with van der Waals surface area (Å²) in [7, 11) is 0. The molecule has 88 valence electrons. The number of aliphatic hydroxyl groups excluding tert-OH is 1. The summed E-state index contributed by atoms with van der Waals surface area (Å²) in [5, 5.41) is 10.1. The average Bonchev–Trinajstić information content (AvgIpc) is 2.40. The maximum Gasteiger partial charge on any atom is 0.0845 e. The van der Waals surface area contributed by atoms with Gasteiger partial charge in [-0.25, -0.2) is 0 Å². The molecule has 2 nitrogen and oxygen atoms in total. The highest BCUT2D eigenvalue weighted by Crippen LogP contribution is 2.17. The molecule has 0 spiro atoms. The van der Waals surface area contributed by atoms with Crippen LogP contribution in [0.15, 0.2) is 48.7 Å². The van der Waals surface area contributed by atoms with Crippen molar-refractivity contribution in [3.63, 3.8) is 0 Å². The fraction of sp³-hybridized carbons (Fsp3) is 0.267. The van der Waals surface area contributed by atoms with Gasteiger partial charge in [0.1, 0.15) is 0 Å². The summed E-state index contributed by atoms with van der Waals surface area (Å²) >= 11 is 0. The van der Waals surface area contributed by atoms with Gasteiger partial charge < -0.3 is 5.11 Å². The van der Waals surface area contributed by atoms with Gasteiger partial charge in [0.05, 0.1) is 6.10 Å². The van der Waals surface area contributed by atoms with E-state index in [1.807, 2.05) is 30.3 Å². The van der Waals surface area contributed by atoms with Gasteiger partial charge in [-0.05, 0) is 29.7 Å². The number of hydrogen-bond donors (Lipinski definition) is 1. The van der Waals surface area contributed by atoms with E-state index >= 15 is 0 Å². The molecule has 0 aliphatic heterocycles. The van der Waals surface area contributed by atoms with Crippen molar-refractivity contribution in [1.82, 2.24) is 4.98 Å². The zero-order valence-electron chi connectivity index (χ0n) is 10.0. The molecule has 0 aliphatic rings. The molecule has 0 saturated carbocycles. The molecule has 2 heteroatoms. The SMILES string of the molecule is CCc1ccc(C(O)Cc2ccccn2)cc1. The molecule has 1 aromatic carbocycles. The van der Waals surface area contributed by atoms with Gasteiger partial charge in [0, 0.05) is 18.3 Å². The Morgan fingerprint density at radius 2 is 1.88 bits per heavy atom. The summed E-state index contributed by atoms with van der Waals surface area (Å²) in [6.45, 7) is 2.12. The van der Waals surface area contributed by atoms with Crippen LogP contribution in [0.1, 0.15) is 29.8 Å². The van der Waals surface area contributed by atoms with Crippen LogP contribution in [-0.4, -0.2) is 10.1 Å². The topological polar surface area (TPSA) is 33.1 Å². The number of pyridine rings is 1. The number of benzene rings is 1. The number of nitrogens with zero attached hydrogens (tertiary/aromatic N) is 1. The van der Waals surface area contributed by atoms with Gasteiger partial charge in [0.25, 0.3) is 0 Å². The number of aryl methyl sites for hydroxylation is 1. The number of rotatable bonds is 4. The van der Waals surface area contributed by atoms with Crippen molar-refractivity contribution in [2.24, 2.45) is 0 Å². The summed E-state index contributed by atoms with van der Waals surface area (Å²) in [4.78, 5) is 4.22. The average molecular weight is 227 g/mol. The van der Waals surface area contributed by atoms with Crippen LogP contribution >= 0.6 is 0 Å². The van der Waals surface area contributed by atoms with E-state index in [9.17, 15) is 5.11 Å². The van der Waals surface area contributed by atoms with Crippen molar-refractivity contribution in [2.75, 3.05) is 0 Å². The van der Waals surface area contributed by atoms with Gasteiger partial charge in [-0.1, -0.05) is 37.3 Å². The Balaban J connectivity index is 2.06. The molecule has 1 aromatic heterocycles. The van der Waals surface area contributed by atoms with E-state index in [1.165, 1.54) is 5.56 Å². The molecule has 1 N–H and O–H groups in total. The zero-order chi connectivity index (χ0) is 12.1. The first-order valence-corrected chi connectivity index (χ1v) is 5.96. The van der Waals surface area contributed by atoms with Gasteiger partial charge in [-0.3, -0.25) is 4.98 Å². The molecule has 0 bridgehead atoms. The van der Waals surface area contributed by atoms with Gasteiger partial charge in [-0.2, -0.15) is 0 Å². The third-order valence-corrected chi connectivity index (χ3v) is 2.90. The van der Waals surface area contributed by atoms with E-state index in [0.29, 0.717) is 6.42 Å². The molecule has 0 aliphatic carbocycles. The van der Waals surface area contributed by atoms with E-state index in [4.69, 9.17) is 0 Å². The first kappa shape index (κ1) is 11.8. The molecule has 2 aromatic rings. The lowest BCUT2D eigenvalue weighted by Crippen LogP contribution is -2.03. The molecular formula is C15H17NO. The summed E-state index contributed by atoms with van der Waals surface area (Å²) in [6, 6.07) is 13.9. The van der Waals surface area contributed by atoms with Crippen LogP contribution in [0.5, 0.6) is 0 Å². The lowest BCUT2D eigenvalue weighted by Gasteiger charge is -2.10. The maximum absolute atomic E-state index is 10.1. The molecule has 0 fully saturated rings. The minimum absolute atomic E-state index is 0.476. The fourth-order valence-electron chi connectivity index (χ4n) is 1.81. The van der Waals surface area contributed by atoms with Crippen molar-refractivity contribution in [2.45, 2.75) is 25.9 Å². The first-order valence-electron chi connectivity index (χ1n) is 5.96. The van der Waals surface area contributed by atoms with Crippen LogP contribution in [0.3, 0.4) is 0 Å². The largest absolute Gasteiger partial charge is 0.388 e. The standard InChI is InChI=1S/C15H17NO/c1-2-12-6-8-13(9-7-12)15(17)11-14-5-3-4-10-16-14/h3-10,15,17H,2,11H2,1H3. The molecule has 0 saturated heterocycles. The number of aromatic nitrogens is 1. The molecule has 1 unspecified atom stereocenters. The summed E-state index contributed by atoms with van der Waals surface area (Å²) in [6.07, 6.45) is 2.86. The van der Waals surface area contributed by atoms with E-state index in [2.05, 4.69) is 24.0 Å². The van der Waals surface area contributed by atoms with Crippen LogP contribution in [0.4, 0.5) is 0 Å². The van der Waals surface area contributed by atoms with E-state index < -0.39 is 6.10 Å². The minimum atomic E-state index is -0.476. The lowest BCUT2D eigenvalue weighted by atomic mass is 10.0. The third-order valence-electron chi connectivity index (χ3n) is 2.90. The van der Waals surface area contributed by atoms with Crippen molar-refractivity contribution in [3.8, 4) is 0 Å². The predicted molar refractivity (Wildman–Crippen MR) is 68.7 cm³/mol. The molecule has 2 rings (SSSR count). The highest BCUT2D eigenvalue weighted by molar-refractivity contribution is 5.25. The van der Waals surface area contributed by atoms with Crippen molar-refractivity contribution in [3.05, 3.63) is 65.5 Å². The third kappa shape index (κ3) is 3.14. The number of hydrogen-bond acceptors (Lipinski definition) is 2. The van der Waals surface area contributed by atoms with Crippen LogP contribution in [-0.2, 0) is 12.8 Å². The normalized spacial score (nSPS) is 12.4. The van der Waals surface area contributed by atoms with Crippen molar-refractivity contribution >= 4 is 0 Å². The second kappa shape index (κ2) is 5.60. The second-order valence-corrected chi connectivity index (χ2v) is 4.14. The highest BCUT2D eigenvalue weighted by atomic mass is 16.3. The smallest absolute Gasteiger partial charge is 0.0845 e. The Hall–Kier alpha value is -1.67. The molecule has 1 atom stereocenters. The maximum atomic E-state index is 10.1. The summed E-state index contributed by atoms with van der Waals surface area (Å²) < 4.78 is 0. The van der Waals surface area contributed by atoms with E-state index in [1.54, 1.807) is 6.20 Å². The summed E-state index contributed by atoms with van der Waals surface area (Å²) in [5.41, 5.74) is 3.16. The van der Waals surface area contributed by atoms with Gasteiger partial charge >= 0.3 is 0 Å². The quantitative estimate of drug-likeness (QED) is 0.871. The van der Waals surface area contributed by atoms with Crippen LogP contribution in [0, 0.1) is 0 Å². The molecule has 1 heterocycles. The Labute approximate surface area is 102 Å². The van der Waals surface area contributed by atoms with Crippen molar-refractivity contribution < 1.29 is 5.11 Å². The fourth-order valence-corrected chi connectivity index (χ4v) is 1.81. The van der Waals surface area contributed by atoms with E-state index in [0.717, 1.165) is 17.7 Å². The monoisotopic (exact) mass is 227 g/mol. The first-order chi connectivity index (χ1) is 8.29. The Morgan fingerprint density at radius 1 is 1.12 bits per heavy atom. The molecule has 0 amide bonds. The lowest BCUT2D eigenvalue weighted by molar-refractivity contribution is 0.177. The Morgan fingerprint density at radius 3 is 2.47 bits per heavy atom. The Bertz CT molecular complexity index is 450. The predicted octanol–water partition coefficient (Wildman–Crippen LogP) is 2.92. The summed E-state index contributed by atoms with van der Waals surface area (Å²) in [5.74, 6) is 0. The minimum Gasteiger partial charge on any atom is -0.388 e. The molecule has 17 heavy (non-hydrogen) atoms. The highest BCUT2D eigenvalue weighted by Gasteiger charge is 2.08. The second-order valence-electron chi connectivity index (χ2n) is 4.14. The molecular weight excluding hydrogens is 210 g/mol. The Kier molecular flexibility index (Phi) is 3.89. The van der Waals surface area contributed by atoms with Crippen molar-refractivity contribution in [1.29, 1.82) is 0 Å². The molecule has 0 radical (unpaired) electrons. The van der Waals surface area contributed by atoms with Crippen LogP contribution in [0.25, 0.3) is 0 Å². The number of aliphatic hydroxyl groups is 1. The van der Waals surface area contributed by atoms with Gasteiger partial charge in [-0.15, -0.1) is 0 Å². The zero-order valence-corrected chi connectivity index (χ0v) is 10.0.